The molecule has 0 bridgehead atoms. The van der Waals surface area contributed by atoms with Gasteiger partial charge >= 0.3 is 0 Å². The number of hydrogen-bond acceptors (Lipinski definition) is 9. The van der Waals surface area contributed by atoms with E-state index in [2.05, 4.69) is 61.4 Å². The lowest BCUT2D eigenvalue weighted by Gasteiger charge is -2.21. The van der Waals surface area contributed by atoms with Crippen molar-refractivity contribution in [2.45, 2.75) is 40.4 Å². The van der Waals surface area contributed by atoms with E-state index in [0.29, 0.717) is 52.2 Å². The number of H-pyrrole nitrogens is 1. The van der Waals surface area contributed by atoms with Crippen LogP contribution in [-0.2, 0) is 19.6 Å². The van der Waals surface area contributed by atoms with Gasteiger partial charge in [0.05, 0.1) is 30.0 Å². The number of nitrogens with zero attached hydrogens (tertiary/aromatic N) is 6. The molecule has 1 N–H and O–H groups in total. The van der Waals surface area contributed by atoms with Crippen LogP contribution in [-0.4, -0.2) is 35.0 Å². The van der Waals surface area contributed by atoms with Gasteiger partial charge in [-0.1, -0.05) is 83.5 Å². The number of aryl methyl sites for hydroxylation is 3. The van der Waals surface area contributed by atoms with Crippen molar-refractivity contribution in [2.24, 2.45) is 0 Å². The highest BCUT2D eigenvalue weighted by Crippen LogP contribution is 2.36. The molecule has 0 saturated heterocycles. The zero-order valence-electron chi connectivity index (χ0n) is 25.7. The standard InChI is InChI=1S/C36H31N7O2S/c1-22-12-14-27(15-13-22)32-23(2)46-36-33(32)35(44)40-34(41-36)30-18-37-17-29(39-30)28-11-7-10-26(16-28)20-43(19-25-8-5-4-6-9-25)21-31-38-24(3)45-42-31/h4-18H,19-21H2,1-3H3,(H,40,41,44). The van der Waals surface area contributed by atoms with Crippen LogP contribution in [0.4, 0.5) is 0 Å². The van der Waals surface area contributed by atoms with E-state index < -0.39 is 0 Å². The molecule has 0 radical (unpaired) electrons. The second-order valence-electron chi connectivity index (χ2n) is 11.3. The third kappa shape index (κ3) is 6.26. The summed E-state index contributed by atoms with van der Waals surface area (Å²) >= 11 is 1.51. The molecular formula is C36H31N7O2S. The fourth-order valence-corrected chi connectivity index (χ4v) is 6.68. The summed E-state index contributed by atoms with van der Waals surface area (Å²) in [5.74, 6) is 1.59. The van der Waals surface area contributed by atoms with E-state index in [0.717, 1.165) is 33.7 Å². The number of rotatable bonds is 9. The first-order valence-electron chi connectivity index (χ1n) is 15.0. The second kappa shape index (κ2) is 12.6. The van der Waals surface area contributed by atoms with Gasteiger partial charge in [-0.15, -0.1) is 11.3 Å². The number of nitrogens with one attached hydrogen (secondary N) is 1. The third-order valence-electron chi connectivity index (χ3n) is 7.77. The summed E-state index contributed by atoms with van der Waals surface area (Å²) in [5, 5.41) is 4.72. The SMILES string of the molecule is Cc1ccc(-c2c(C)sc3nc(-c4cncc(-c5cccc(CN(Cc6ccccc6)Cc6noc(C)n6)c5)n4)[nH]c(=O)c23)cc1. The molecule has 3 aromatic carbocycles. The summed E-state index contributed by atoms with van der Waals surface area (Å²) in [7, 11) is 0. The van der Waals surface area contributed by atoms with Gasteiger partial charge in [0.1, 0.15) is 10.5 Å². The summed E-state index contributed by atoms with van der Waals surface area (Å²) < 4.78 is 5.22. The van der Waals surface area contributed by atoms with Gasteiger partial charge in [0.15, 0.2) is 11.6 Å². The molecule has 0 fully saturated rings. The maximum absolute atomic E-state index is 13.5. The van der Waals surface area contributed by atoms with E-state index in [9.17, 15) is 4.79 Å². The number of aromatic nitrogens is 6. The second-order valence-corrected chi connectivity index (χ2v) is 12.5. The Morgan fingerprint density at radius 2 is 1.54 bits per heavy atom. The molecule has 0 unspecified atom stereocenters. The zero-order valence-corrected chi connectivity index (χ0v) is 26.5. The van der Waals surface area contributed by atoms with Gasteiger partial charge in [0, 0.05) is 36.0 Å². The van der Waals surface area contributed by atoms with E-state index in [1.807, 2.05) is 56.3 Å². The van der Waals surface area contributed by atoms with E-state index in [-0.39, 0.29) is 5.56 Å². The van der Waals surface area contributed by atoms with Crippen LogP contribution in [0.15, 0.2) is 101 Å². The minimum atomic E-state index is -0.190. The highest BCUT2D eigenvalue weighted by atomic mass is 32.1. The number of aromatic amines is 1. The highest BCUT2D eigenvalue weighted by molar-refractivity contribution is 7.19. The monoisotopic (exact) mass is 625 g/mol. The third-order valence-corrected chi connectivity index (χ3v) is 8.77. The number of hydrogen-bond donors (Lipinski definition) is 1. The van der Waals surface area contributed by atoms with Crippen LogP contribution in [0.25, 0.3) is 44.1 Å². The Hall–Kier alpha value is -5.32. The Morgan fingerprint density at radius 1 is 0.783 bits per heavy atom. The van der Waals surface area contributed by atoms with Crippen LogP contribution in [0, 0.1) is 20.8 Å². The maximum Gasteiger partial charge on any atom is 0.260 e. The molecule has 0 spiro atoms. The summed E-state index contributed by atoms with van der Waals surface area (Å²) in [6.07, 6.45) is 3.36. The first kappa shape index (κ1) is 29.4. The molecule has 4 heterocycles. The van der Waals surface area contributed by atoms with Crippen LogP contribution < -0.4 is 5.56 Å². The Bertz CT molecular complexity index is 2200. The quantitative estimate of drug-likeness (QED) is 0.178. The molecule has 10 heteroatoms. The predicted octanol–water partition coefficient (Wildman–Crippen LogP) is 7.29. The molecule has 0 aliphatic carbocycles. The summed E-state index contributed by atoms with van der Waals surface area (Å²) in [4.78, 5) is 39.0. The van der Waals surface area contributed by atoms with Crippen molar-refractivity contribution in [3.05, 3.63) is 135 Å². The molecular weight excluding hydrogens is 595 g/mol. The molecule has 0 aliphatic rings. The topological polar surface area (TPSA) is 114 Å². The van der Waals surface area contributed by atoms with Crippen molar-refractivity contribution in [1.82, 2.24) is 35.0 Å². The molecule has 228 valence electrons. The van der Waals surface area contributed by atoms with Crippen molar-refractivity contribution in [3.8, 4) is 33.9 Å². The minimum Gasteiger partial charge on any atom is -0.340 e. The van der Waals surface area contributed by atoms with E-state index in [1.54, 1.807) is 19.3 Å². The number of thiophene rings is 1. The Labute approximate surface area is 269 Å². The van der Waals surface area contributed by atoms with Crippen molar-refractivity contribution >= 4 is 21.6 Å². The van der Waals surface area contributed by atoms with Gasteiger partial charge in [-0.2, -0.15) is 4.98 Å². The van der Waals surface area contributed by atoms with Gasteiger partial charge in [-0.05, 0) is 36.6 Å². The van der Waals surface area contributed by atoms with Crippen LogP contribution in [0.3, 0.4) is 0 Å². The van der Waals surface area contributed by atoms with E-state index >= 15 is 0 Å². The maximum atomic E-state index is 13.5. The van der Waals surface area contributed by atoms with Crippen LogP contribution in [0.5, 0.6) is 0 Å². The summed E-state index contributed by atoms with van der Waals surface area (Å²) in [6.45, 7) is 7.80. The van der Waals surface area contributed by atoms with Crippen LogP contribution in [0.1, 0.15) is 33.3 Å². The van der Waals surface area contributed by atoms with Crippen molar-refractivity contribution < 1.29 is 4.52 Å². The average Bonchev–Trinajstić information content (AvgIpc) is 3.63. The average molecular weight is 626 g/mol. The zero-order chi connectivity index (χ0) is 31.6. The van der Waals surface area contributed by atoms with Gasteiger partial charge in [-0.3, -0.25) is 14.7 Å². The normalized spacial score (nSPS) is 11.5. The number of benzene rings is 3. The largest absolute Gasteiger partial charge is 0.340 e. The summed E-state index contributed by atoms with van der Waals surface area (Å²) in [6, 6.07) is 26.8. The highest BCUT2D eigenvalue weighted by Gasteiger charge is 2.18. The van der Waals surface area contributed by atoms with Crippen LogP contribution in [0.2, 0.25) is 0 Å². The molecule has 0 atom stereocenters. The van der Waals surface area contributed by atoms with Crippen molar-refractivity contribution in [3.63, 3.8) is 0 Å². The van der Waals surface area contributed by atoms with Gasteiger partial charge < -0.3 is 9.51 Å². The molecule has 0 saturated carbocycles. The van der Waals surface area contributed by atoms with Gasteiger partial charge in [-0.25, -0.2) is 9.97 Å². The Balaban J connectivity index is 1.18. The lowest BCUT2D eigenvalue weighted by Crippen LogP contribution is -2.23. The Morgan fingerprint density at radius 3 is 2.33 bits per heavy atom. The molecule has 7 aromatic rings. The predicted molar refractivity (Wildman–Crippen MR) is 180 cm³/mol. The molecule has 9 nitrogen and oxygen atoms in total. The molecule has 7 rings (SSSR count). The van der Waals surface area contributed by atoms with Crippen LogP contribution >= 0.6 is 11.3 Å². The first-order valence-corrected chi connectivity index (χ1v) is 15.8. The van der Waals surface area contributed by atoms with Crippen molar-refractivity contribution in [1.29, 1.82) is 0 Å². The van der Waals surface area contributed by atoms with Gasteiger partial charge in [0.25, 0.3) is 5.56 Å². The molecule has 46 heavy (non-hydrogen) atoms. The molecule has 0 amide bonds. The molecule has 4 aromatic heterocycles. The van der Waals surface area contributed by atoms with E-state index in [1.165, 1.54) is 22.5 Å². The number of fused-ring (bicyclic) bond motifs is 1. The fraction of sp³-hybridized carbons (Fsp3) is 0.167. The minimum absolute atomic E-state index is 0.190. The lowest BCUT2D eigenvalue weighted by molar-refractivity contribution is 0.237. The first-order chi connectivity index (χ1) is 22.4. The van der Waals surface area contributed by atoms with E-state index in [4.69, 9.17) is 14.5 Å². The summed E-state index contributed by atoms with van der Waals surface area (Å²) in [5.41, 5.74) is 7.31. The van der Waals surface area contributed by atoms with Crippen molar-refractivity contribution in [2.75, 3.05) is 0 Å². The fourth-order valence-electron chi connectivity index (χ4n) is 5.63. The smallest absolute Gasteiger partial charge is 0.260 e. The molecule has 0 aliphatic heterocycles. The lowest BCUT2D eigenvalue weighted by atomic mass is 10.0. The Kier molecular flexibility index (Phi) is 8.04. The van der Waals surface area contributed by atoms with Gasteiger partial charge in [0.2, 0.25) is 5.89 Å².